The molecule has 1 aliphatic heterocycles. The zero-order valence-electron chi connectivity index (χ0n) is 45.2. The number of hydrogen-bond acceptors (Lipinski definition) is 15. The third kappa shape index (κ3) is 22.0. The summed E-state index contributed by atoms with van der Waals surface area (Å²) in [6.07, 6.45) is -1.39. The van der Waals surface area contributed by atoms with E-state index >= 15 is 0 Å². The molecule has 0 fully saturated rings. The minimum Gasteiger partial charge on any atom is -0.391 e. The standard InChI is InChI=1S/C49H87N11O14/c1-13-26(4)36-43(71)54-31(24-33(64)65)40(68)60-49(12,46(74)57-35(25(2)3)42(70)56-37(29(7)62)44(72)58-47(8,9)10)23-19-17-15-14-16-18-22-48(11,45(73)52-27(5)38(66)55-36)59-39(67)30(20-21-32(50)63)53-41(69)34(51)28(6)61/h14-15,25-31,33-37,61-62,64-65H,13,16-24,51H2,1-12H3,(H2,50,63)(H,52,73)(H,53,69)(H,54,71)(H,55,66)(H,56,70)(H,57,74)(H,58,72)(H,59,67)(H,60,68)/b15-14+/t26-,27-,28+,29+,30-,31-,34+,35-,36-,37-,48-,49-/m0/s1. The van der Waals surface area contributed by atoms with Crippen molar-refractivity contribution in [3.63, 3.8) is 0 Å². The summed E-state index contributed by atoms with van der Waals surface area (Å²) in [4.78, 5) is 136. The third-order valence-electron chi connectivity index (χ3n) is 12.6. The lowest BCUT2D eigenvalue weighted by Gasteiger charge is -2.35. The molecule has 0 aromatic rings. The first-order valence-corrected chi connectivity index (χ1v) is 25.3. The molecule has 17 N–H and O–H groups in total. The van der Waals surface area contributed by atoms with E-state index in [9.17, 15) is 68.4 Å². The van der Waals surface area contributed by atoms with Crippen molar-refractivity contribution in [3.8, 4) is 0 Å². The number of amides is 10. The lowest BCUT2D eigenvalue weighted by atomic mass is 9.90. The molecular weight excluding hydrogens is 967 g/mol. The Labute approximate surface area is 434 Å². The molecule has 0 unspecified atom stereocenters. The number of nitrogens with two attached hydrogens (primary N) is 2. The smallest absolute Gasteiger partial charge is 0.246 e. The molecule has 25 heteroatoms. The Morgan fingerprint density at radius 1 is 0.757 bits per heavy atom. The van der Waals surface area contributed by atoms with E-state index in [1.807, 2.05) is 0 Å². The van der Waals surface area contributed by atoms with E-state index in [0.29, 0.717) is 19.3 Å². The van der Waals surface area contributed by atoms with Crippen molar-refractivity contribution < 1.29 is 68.4 Å². The van der Waals surface area contributed by atoms with Gasteiger partial charge in [0.15, 0.2) is 6.29 Å². The fourth-order valence-corrected chi connectivity index (χ4v) is 7.65. The van der Waals surface area contributed by atoms with Gasteiger partial charge in [-0.1, -0.05) is 46.3 Å². The Bertz CT molecular complexity index is 1990. The van der Waals surface area contributed by atoms with Gasteiger partial charge >= 0.3 is 0 Å². The molecule has 10 amide bonds. The van der Waals surface area contributed by atoms with E-state index in [1.165, 1.54) is 34.6 Å². The molecule has 74 heavy (non-hydrogen) atoms. The lowest BCUT2D eigenvalue weighted by molar-refractivity contribution is -0.140. The highest BCUT2D eigenvalue weighted by Gasteiger charge is 2.43. The molecule has 0 aromatic carbocycles. The van der Waals surface area contributed by atoms with Crippen LogP contribution >= 0.6 is 0 Å². The number of aliphatic hydroxyl groups excluding tert-OH is 3. The summed E-state index contributed by atoms with van der Waals surface area (Å²) in [7, 11) is 0. The van der Waals surface area contributed by atoms with E-state index in [1.54, 1.807) is 60.6 Å². The maximum atomic E-state index is 14.5. The van der Waals surface area contributed by atoms with Crippen LogP contribution in [0.3, 0.4) is 0 Å². The Morgan fingerprint density at radius 2 is 1.34 bits per heavy atom. The van der Waals surface area contributed by atoms with Gasteiger partial charge in [0.2, 0.25) is 59.1 Å². The second-order valence-corrected chi connectivity index (χ2v) is 21.2. The second-order valence-electron chi connectivity index (χ2n) is 21.2. The highest BCUT2D eigenvalue weighted by atomic mass is 16.5. The second kappa shape index (κ2) is 30.0. The summed E-state index contributed by atoms with van der Waals surface area (Å²) < 4.78 is 0. The molecule has 0 bridgehead atoms. The zero-order valence-corrected chi connectivity index (χ0v) is 45.2. The molecule has 25 nitrogen and oxygen atoms in total. The van der Waals surface area contributed by atoms with Gasteiger partial charge in [0.1, 0.15) is 53.4 Å². The minimum atomic E-state index is -2.16. The summed E-state index contributed by atoms with van der Waals surface area (Å²) in [6, 6.07) is -10.1. The average molecular weight is 1050 g/mol. The Kier molecular flexibility index (Phi) is 26.8. The monoisotopic (exact) mass is 1050 g/mol. The van der Waals surface area contributed by atoms with E-state index in [2.05, 4.69) is 47.9 Å². The number of carbonyl (C=O) groups excluding carboxylic acids is 10. The largest absolute Gasteiger partial charge is 0.391 e. The maximum Gasteiger partial charge on any atom is 0.246 e. The van der Waals surface area contributed by atoms with Gasteiger partial charge in [0.25, 0.3) is 0 Å². The van der Waals surface area contributed by atoms with E-state index in [4.69, 9.17) is 11.5 Å². The molecule has 0 saturated carbocycles. The molecule has 0 spiro atoms. The molecule has 0 saturated heterocycles. The molecule has 0 radical (unpaired) electrons. The van der Waals surface area contributed by atoms with Gasteiger partial charge in [-0.2, -0.15) is 0 Å². The summed E-state index contributed by atoms with van der Waals surface area (Å²) in [5.41, 5.74) is 6.78. The fraction of sp³-hybridized carbons (Fsp3) is 0.755. The van der Waals surface area contributed by atoms with E-state index < -0.39 is 155 Å². The summed E-state index contributed by atoms with van der Waals surface area (Å²) in [6.45, 7) is 18.4. The molecule has 422 valence electrons. The molecule has 12 atom stereocenters. The summed E-state index contributed by atoms with van der Waals surface area (Å²) >= 11 is 0. The van der Waals surface area contributed by atoms with E-state index in [0.717, 1.165) is 0 Å². The number of allylic oxidation sites excluding steroid dienone is 2. The van der Waals surface area contributed by atoms with Gasteiger partial charge in [-0.05, 0) is 112 Å². The van der Waals surface area contributed by atoms with Crippen LogP contribution in [0.1, 0.15) is 147 Å². The van der Waals surface area contributed by atoms with Crippen LogP contribution in [0.25, 0.3) is 0 Å². The number of nitrogens with one attached hydrogen (secondary N) is 9. The molecular formula is C49H87N11O14. The van der Waals surface area contributed by atoms with Crippen molar-refractivity contribution in [1.82, 2.24) is 47.9 Å². The topological polar surface area (TPSA) is 412 Å². The van der Waals surface area contributed by atoms with Crippen LogP contribution in [0.2, 0.25) is 0 Å². The van der Waals surface area contributed by atoms with Gasteiger partial charge in [0, 0.05) is 18.4 Å². The molecule has 1 rings (SSSR count). The zero-order chi connectivity index (χ0) is 57.1. The van der Waals surface area contributed by atoms with Crippen molar-refractivity contribution in [2.24, 2.45) is 23.3 Å². The number of rotatable bonds is 19. The van der Waals surface area contributed by atoms with Crippen LogP contribution in [-0.4, -0.2) is 157 Å². The highest BCUT2D eigenvalue weighted by Crippen LogP contribution is 2.21. The minimum absolute atomic E-state index is 0.0446. The van der Waals surface area contributed by atoms with Crippen LogP contribution in [-0.2, 0) is 47.9 Å². The first-order chi connectivity index (χ1) is 34.1. The first kappa shape index (κ1) is 66.3. The van der Waals surface area contributed by atoms with Gasteiger partial charge in [-0.15, -0.1) is 0 Å². The third-order valence-corrected chi connectivity index (χ3v) is 12.6. The Hall–Kier alpha value is -5.76. The van der Waals surface area contributed by atoms with E-state index in [-0.39, 0.29) is 38.5 Å². The number of aliphatic hydroxyl groups is 4. The maximum absolute atomic E-state index is 14.5. The fourth-order valence-electron chi connectivity index (χ4n) is 7.65. The predicted molar refractivity (Wildman–Crippen MR) is 272 cm³/mol. The van der Waals surface area contributed by atoms with Crippen molar-refractivity contribution >= 4 is 59.1 Å². The lowest BCUT2D eigenvalue weighted by Crippen LogP contribution is -2.66. The van der Waals surface area contributed by atoms with Gasteiger partial charge in [-0.25, -0.2) is 0 Å². The first-order valence-electron chi connectivity index (χ1n) is 25.3. The Balaban J connectivity index is 3.82. The van der Waals surface area contributed by atoms with Crippen molar-refractivity contribution in [2.75, 3.05) is 0 Å². The van der Waals surface area contributed by atoms with Gasteiger partial charge in [-0.3, -0.25) is 47.9 Å². The summed E-state index contributed by atoms with van der Waals surface area (Å²) in [5.74, 6) is -9.87. The van der Waals surface area contributed by atoms with Crippen LogP contribution in [0.5, 0.6) is 0 Å². The molecule has 0 aromatic heterocycles. The average Bonchev–Trinajstić information content (AvgIpc) is 3.28. The van der Waals surface area contributed by atoms with Crippen molar-refractivity contribution in [2.45, 2.75) is 225 Å². The number of hydrogen-bond donors (Lipinski definition) is 15. The Morgan fingerprint density at radius 3 is 1.84 bits per heavy atom. The number of primary amides is 1. The molecule has 1 heterocycles. The normalized spacial score (nSPS) is 25.3. The van der Waals surface area contributed by atoms with Crippen LogP contribution in [0, 0.1) is 11.8 Å². The molecule has 1 aliphatic rings. The van der Waals surface area contributed by atoms with Crippen LogP contribution in [0.15, 0.2) is 12.2 Å². The van der Waals surface area contributed by atoms with Gasteiger partial charge in [0.05, 0.1) is 12.2 Å². The van der Waals surface area contributed by atoms with Crippen LogP contribution in [0.4, 0.5) is 0 Å². The molecule has 0 aliphatic carbocycles. The van der Waals surface area contributed by atoms with Crippen LogP contribution < -0.4 is 59.3 Å². The quantitative estimate of drug-likeness (QED) is 0.0461. The van der Waals surface area contributed by atoms with Crippen molar-refractivity contribution in [3.05, 3.63) is 12.2 Å². The predicted octanol–water partition coefficient (Wildman–Crippen LogP) is -2.75. The number of carbonyl (C=O) groups is 10. The SMILES string of the molecule is CC[C@H](C)[C@@H]1NC(=O)[C@H](C)NC(=O)[C@@](C)(NC(=O)[C@H](CCC(N)=O)NC(=O)[C@H](N)[C@@H](C)O)CCC/C=C/CCC[C@@](C)(C(=O)N[C@H](C(=O)N[C@H](C(=O)NC(C)(C)C)[C@@H](C)O)C(C)C)NC(=O)[C@H](CC(O)O)NC1=O. The highest BCUT2D eigenvalue weighted by molar-refractivity contribution is 6.00. The van der Waals surface area contributed by atoms with Gasteiger partial charge < -0.3 is 79.7 Å². The van der Waals surface area contributed by atoms with Crippen molar-refractivity contribution in [1.29, 1.82) is 0 Å². The summed E-state index contributed by atoms with van der Waals surface area (Å²) in [5, 5.41) is 63.8.